The van der Waals surface area contributed by atoms with Gasteiger partial charge in [0.2, 0.25) is 0 Å². The molecule has 1 atom stereocenters. The SMILES string of the molecule is Cc1coc(SCC(C#N)(NC2CC2)c2ccccc2)n1. The van der Waals surface area contributed by atoms with E-state index in [-0.39, 0.29) is 0 Å². The summed E-state index contributed by atoms with van der Waals surface area (Å²) in [6.07, 6.45) is 3.91. The predicted octanol–water partition coefficient (Wildman–Crippen LogP) is 3.25. The fourth-order valence-electron chi connectivity index (χ4n) is 2.20. The molecule has 1 N–H and O–H groups in total. The van der Waals surface area contributed by atoms with Crippen LogP contribution >= 0.6 is 11.8 Å². The first-order chi connectivity index (χ1) is 10.2. The third kappa shape index (κ3) is 3.29. The van der Waals surface area contributed by atoms with Gasteiger partial charge in [-0.25, -0.2) is 4.98 Å². The molecule has 1 aromatic heterocycles. The van der Waals surface area contributed by atoms with Crippen LogP contribution in [0.3, 0.4) is 0 Å². The quantitative estimate of drug-likeness (QED) is 0.830. The molecule has 4 nitrogen and oxygen atoms in total. The van der Waals surface area contributed by atoms with E-state index in [0.717, 1.165) is 24.1 Å². The van der Waals surface area contributed by atoms with Crippen LogP contribution in [0.4, 0.5) is 0 Å². The van der Waals surface area contributed by atoms with Gasteiger partial charge in [0.1, 0.15) is 11.8 Å². The fraction of sp³-hybridized carbons (Fsp3) is 0.375. The van der Waals surface area contributed by atoms with Gasteiger partial charge in [-0.1, -0.05) is 42.1 Å². The van der Waals surface area contributed by atoms with E-state index in [2.05, 4.69) is 16.4 Å². The van der Waals surface area contributed by atoms with E-state index in [1.165, 1.54) is 11.8 Å². The third-order valence-corrected chi connectivity index (χ3v) is 4.51. The second-order valence-corrected chi connectivity index (χ2v) is 6.27. The van der Waals surface area contributed by atoms with Gasteiger partial charge in [-0.05, 0) is 25.3 Å². The molecular formula is C16H17N3OS. The van der Waals surface area contributed by atoms with Gasteiger partial charge in [0, 0.05) is 11.8 Å². The topological polar surface area (TPSA) is 61.9 Å². The standard InChI is InChI=1S/C16H17N3OS/c1-12-9-20-15(18-12)21-11-16(10-17,19-14-7-8-14)13-5-3-2-4-6-13/h2-6,9,14,19H,7-8,11H2,1H3. The molecule has 2 aromatic rings. The van der Waals surface area contributed by atoms with E-state index in [0.29, 0.717) is 17.0 Å². The van der Waals surface area contributed by atoms with Crippen molar-refractivity contribution in [1.82, 2.24) is 10.3 Å². The summed E-state index contributed by atoms with van der Waals surface area (Å²) in [5, 5.41) is 13.9. The van der Waals surface area contributed by atoms with E-state index in [9.17, 15) is 5.26 Å². The number of aromatic nitrogens is 1. The maximum absolute atomic E-state index is 9.81. The van der Waals surface area contributed by atoms with Crippen molar-refractivity contribution in [2.75, 3.05) is 5.75 Å². The largest absolute Gasteiger partial charge is 0.440 e. The summed E-state index contributed by atoms with van der Waals surface area (Å²) in [6, 6.07) is 12.8. The number of nitrogens with one attached hydrogen (secondary N) is 1. The van der Waals surface area contributed by atoms with Gasteiger partial charge >= 0.3 is 0 Å². The van der Waals surface area contributed by atoms with Gasteiger partial charge in [-0.15, -0.1) is 0 Å². The Labute approximate surface area is 128 Å². The van der Waals surface area contributed by atoms with Crippen LogP contribution in [0, 0.1) is 18.3 Å². The molecule has 1 heterocycles. The lowest BCUT2D eigenvalue weighted by Crippen LogP contribution is -2.44. The zero-order valence-corrected chi connectivity index (χ0v) is 12.7. The lowest BCUT2D eigenvalue weighted by atomic mass is 9.93. The van der Waals surface area contributed by atoms with Crippen LogP contribution in [-0.4, -0.2) is 16.8 Å². The second-order valence-electron chi connectivity index (χ2n) is 5.35. The highest BCUT2D eigenvalue weighted by atomic mass is 32.2. The molecule has 0 bridgehead atoms. The molecule has 5 heteroatoms. The second kappa shape index (κ2) is 5.92. The highest BCUT2D eigenvalue weighted by molar-refractivity contribution is 7.99. The molecule has 21 heavy (non-hydrogen) atoms. The highest BCUT2D eigenvalue weighted by Crippen LogP contribution is 2.33. The van der Waals surface area contributed by atoms with Crippen molar-refractivity contribution >= 4 is 11.8 Å². The summed E-state index contributed by atoms with van der Waals surface area (Å²) in [5.41, 5.74) is 1.15. The van der Waals surface area contributed by atoms with Gasteiger partial charge in [0.15, 0.2) is 0 Å². The number of nitriles is 1. The molecule has 108 valence electrons. The Hall–Kier alpha value is -1.77. The Morgan fingerprint density at radius 1 is 1.43 bits per heavy atom. The molecule has 1 aliphatic carbocycles. The monoisotopic (exact) mass is 299 g/mol. The minimum atomic E-state index is -0.699. The Kier molecular flexibility index (Phi) is 4.00. The molecule has 1 saturated carbocycles. The van der Waals surface area contributed by atoms with Gasteiger partial charge in [0.05, 0.1) is 11.8 Å². The Balaban J connectivity index is 1.82. The van der Waals surface area contributed by atoms with Crippen molar-refractivity contribution in [3.8, 4) is 6.07 Å². The zero-order valence-electron chi connectivity index (χ0n) is 11.9. The first kappa shape index (κ1) is 14.2. The molecule has 3 rings (SSSR count). The Bertz CT molecular complexity index is 645. The summed E-state index contributed by atoms with van der Waals surface area (Å²) in [4.78, 5) is 4.30. The van der Waals surface area contributed by atoms with E-state index < -0.39 is 5.54 Å². The maximum Gasteiger partial charge on any atom is 0.255 e. The van der Waals surface area contributed by atoms with E-state index in [1.807, 2.05) is 37.3 Å². The fourth-order valence-corrected chi connectivity index (χ4v) is 3.18. The number of nitrogens with zero attached hydrogens (tertiary/aromatic N) is 2. The molecule has 1 fully saturated rings. The number of benzene rings is 1. The summed E-state index contributed by atoms with van der Waals surface area (Å²) in [7, 11) is 0. The average molecular weight is 299 g/mol. The van der Waals surface area contributed by atoms with E-state index in [1.54, 1.807) is 6.26 Å². The summed E-state index contributed by atoms with van der Waals surface area (Å²) in [5.74, 6) is 0.573. The van der Waals surface area contributed by atoms with E-state index >= 15 is 0 Å². The highest BCUT2D eigenvalue weighted by Gasteiger charge is 2.38. The van der Waals surface area contributed by atoms with Crippen LogP contribution in [-0.2, 0) is 5.54 Å². The van der Waals surface area contributed by atoms with Gasteiger partial charge in [-0.2, -0.15) is 5.26 Å². The number of hydrogen-bond acceptors (Lipinski definition) is 5. The number of aryl methyl sites for hydroxylation is 1. The van der Waals surface area contributed by atoms with Gasteiger partial charge in [0.25, 0.3) is 5.22 Å². The lowest BCUT2D eigenvalue weighted by Gasteiger charge is -2.27. The predicted molar refractivity (Wildman–Crippen MR) is 81.9 cm³/mol. The van der Waals surface area contributed by atoms with E-state index in [4.69, 9.17) is 4.42 Å². The number of hydrogen-bond donors (Lipinski definition) is 1. The lowest BCUT2D eigenvalue weighted by molar-refractivity contribution is 0.444. The number of rotatable bonds is 6. The van der Waals surface area contributed by atoms with Crippen LogP contribution in [0.25, 0.3) is 0 Å². The molecule has 0 radical (unpaired) electrons. The summed E-state index contributed by atoms with van der Waals surface area (Å²) < 4.78 is 5.38. The van der Waals surface area contributed by atoms with Gasteiger partial charge in [-0.3, -0.25) is 5.32 Å². The Morgan fingerprint density at radius 2 is 2.19 bits per heavy atom. The third-order valence-electron chi connectivity index (χ3n) is 3.50. The molecule has 0 saturated heterocycles. The maximum atomic E-state index is 9.81. The normalized spacial score (nSPS) is 17.1. The zero-order chi connectivity index (χ0) is 14.7. The molecule has 0 spiro atoms. The van der Waals surface area contributed by atoms with Crippen LogP contribution in [0.15, 0.2) is 46.2 Å². The summed E-state index contributed by atoms with van der Waals surface area (Å²) in [6.45, 7) is 1.89. The average Bonchev–Trinajstić information content (AvgIpc) is 3.24. The van der Waals surface area contributed by atoms with Crippen LogP contribution in [0.2, 0.25) is 0 Å². The number of thioether (sulfide) groups is 1. The van der Waals surface area contributed by atoms with Gasteiger partial charge < -0.3 is 4.42 Å². The Morgan fingerprint density at radius 3 is 2.76 bits per heavy atom. The minimum absolute atomic E-state index is 0.441. The van der Waals surface area contributed by atoms with Crippen molar-refractivity contribution in [2.45, 2.75) is 36.6 Å². The van der Waals surface area contributed by atoms with Crippen molar-refractivity contribution in [3.63, 3.8) is 0 Å². The smallest absolute Gasteiger partial charge is 0.255 e. The molecular weight excluding hydrogens is 282 g/mol. The number of oxazole rings is 1. The first-order valence-electron chi connectivity index (χ1n) is 7.01. The van der Waals surface area contributed by atoms with Crippen molar-refractivity contribution in [3.05, 3.63) is 47.9 Å². The van der Waals surface area contributed by atoms with Crippen LogP contribution < -0.4 is 5.32 Å². The molecule has 1 aromatic carbocycles. The van der Waals surface area contributed by atoms with Crippen LogP contribution in [0.5, 0.6) is 0 Å². The van der Waals surface area contributed by atoms with Crippen LogP contribution in [0.1, 0.15) is 24.1 Å². The van der Waals surface area contributed by atoms with Crippen molar-refractivity contribution < 1.29 is 4.42 Å². The molecule has 1 unspecified atom stereocenters. The van der Waals surface area contributed by atoms with Crippen molar-refractivity contribution in [1.29, 1.82) is 5.26 Å². The summed E-state index contributed by atoms with van der Waals surface area (Å²) >= 11 is 1.47. The molecule has 0 amide bonds. The minimum Gasteiger partial charge on any atom is -0.440 e. The van der Waals surface area contributed by atoms with Crippen molar-refractivity contribution in [2.24, 2.45) is 0 Å². The molecule has 1 aliphatic rings. The first-order valence-corrected chi connectivity index (χ1v) is 8.00. The molecule has 0 aliphatic heterocycles.